The summed E-state index contributed by atoms with van der Waals surface area (Å²) >= 11 is 0. The van der Waals surface area contributed by atoms with Gasteiger partial charge in [0.05, 0.1) is 5.69 Å². The van der Waals surface area contributed by atoms with Crippen LogP contribution < -0.4 is 0 Å². The molecule has 0 aliphatic heterocycles. The Morgan fingerprint density at radius 1 is 0.850 bits per heavy atom. The van der Waals surface area contributed by atoms with Gasteiger partial charge in [-0.1, -0.05) is 24.3 Å². The van der Waals surface area contributed by atoms with Gasteiger partial charge in [-0.15, -0.1) is 0 Å². The second-order valence-electron chi connectivity index (χ2n) is 4.98. The summed E-state index contributed by atoms with van der Waals surface area (Å²) in [7, 11) is 0. The normalized spacial score (nSPS) is 11.2. The van der Waals surface area contributed by atoms with E-state index in [1.807, 2.05) is 42.6 Å². The van der Waals surface area contributed by atoms with Crippen molar-refractivity contribution in [3.05, 3.63) is 66.4 Å². The van der Waals surface area contributed by atoms with Crippen LogP contribution in [-0.2, 0) is 0 Å². The molecule has 0 N–H and O–H groups in total. The number of para-hydroxylation sites is 1. The van der Waals surface area contributed by atoms with Gasteiger partial charge < -0.3 is 4.42 Å². The van der Waals surface area contributed by atoms with Crippen LogP contribution in [0, 0.1) is 6.92 Å². The fraction of sp³-hybridized carbons (Fsp3) is 0.0556. The largest absolute Gasteiger partial charge is 0.456 e. The summed E-state index contributed by atoms with van der Waals surface area (Å²) in [5.41, 5.74) is 5.19. The van der Waals surface area contributed by atoms with E-state index >= 15 is 0 Å². The van der Waals surface area contributed by atoms with Crippen LogP contribution in [0.25, 0.3) is 33.2 Å². The standard InChI is InChI=1S/C18H13NO/c1-12-10-18-15(13-6-2-3-8-17(13)20-18)11-14(12)16-7-4-5-9-19-16/h2-11H,1H3. The van der Waals surface area contributed by atoms with E-state index in [1.165, 1.54) is 5.56 Å². The van der Waals surface area contributed by atoms with Gasteiger partial charge in [-0.25, -0.2) is 0 Å². The molecular formula is C18H13NO. The molecule has 0 spiro atoms. The Bertz CT molecular complexity index is 907. The molecule has 2 aromatic heterocycles. The highest BCUT2D eigenvalue weighted by Gasteiger charge is 2.10. The van der Waals surface area contributed by atoms with Crippen LogP contribution in [0.15, 0.2) is 65.2 Å². The summed E-state index contributed by atoms with van der Waals surface area (Å²) in [5.74, 6) is 0. The van der Waals surface area contributed by atoms with Crippen molar-refractivity contribution < 1.29 is 4.42 Å². The van der Waals surface area contributed by atoms with Crippen LogP contribution in [0.5, 0.6) is 0 Å². The quantitative estimate of drug-likeness (QED) is 0.483. The molecule has 2 nitrogen and oxygen atoms in total. The third kappa shape index (κ3) is 1.62. The summed E-state index contributed by atoms with van der Waals surface area (Å²) in [6.07, 6.45) is 1.83. The third-order valence-electron chi connectivity index (χ3n) is 3.66. The number of aromatic nitrogens is 1. The number of pyridine rings is 1. The van der Waals surface area contributed by atoms with E-state index in [0.717, 1.165) is 33.2 Å². The molecule has 0 unspecified atom stereocenters. The molecule has 0 aliphatic rings. The molecule has 4 rings (SSSR count). The second kappa shape index (κ2) is 4.20. The lowest BCUT2D eigenvalue weighted by Crippen LogP contribution is -1.86. The SMILES string of the molecule is Cc1cc2oc3ccccc3c2cc1-c1ccccn1. The minimum absolute atomic E-state index is 0.931. The lowest BCUT2D eigenvalue weighted by Gasteiger charge is -2.05. The molecule has 0 bridgehead atoms. The lowest BCUT2D eigenvalue weighted by molar-refractivity contribution is 0.668. The summed E-state index contributed by atoms with van der Waals surface area (Å²) in [6, 6.07) is 18.4. The topological polar surface area (TPSA) is 26.0 Å². The predicted molar refractivity (Wildman–Crippen MR) is 81.7 cm³/mol. The third-order valence-corrected chi connectivity index (χ3v) is 3.66. The summed E-state index contributed by atoms with van der Waals surface area (Å²) in [6.45, 7) is 2.09. The van der Waals surface area contributed by atoms with Crippen LogP contribution in [0.4, 0.5) is 0 Å². The highest BCUT2D eigenvalue weighted by molar-refractivity contribution is 6.06. The van der Waals surface area contributed by atoms with Crippen LogP contribution in [0.2, 0.25) is 0 Å². The Morgan fingerprint density at radius 3 is 2.55 bits per heavy atom. The van der Waals surface area contributed by atoms with E-state index in [9.17, 15) is 0 Å². The number of hydrogen-bond acceptors (Lipinski definition) is 2. The summed E-state index contributed by atoms with van der Waals surface area (Å²) in [4.78, 5) is 4.45. The highest BCUT2D eigenvalue weighted by atomic mass is 16.3. The first-order valence-electron chi connectivity index (χ1n) is 6.66. The van der Waals surface area contributed by atoms with Gasteiger partial charge in [0.15, 0.2) is 0 Å². The fourth-order valence-corrected chi connectivity index (χ4v) is 2.67. The maximum Gasteiger partial charge on any atom is 0.135 e. The van der Waals surface area contributed by atoms with E-state index in [-0.39, 0.29) is 0 Å². The number of furan rings is 1. The number of aryl methyl sites for hydroxylation is 1. The van der Waals surface area contributed by atoms with Crippen molar-refractivity contribution in [2.24, 2.45) is 0 Å². The maximum absolute atomic E-state index is 5.90. The first-order chi connectivity index (χ1) is 9.83. The molecule has 0 radical (unpaired) electrons. The molecule has 0 amide bonds. The molecule has 2 heterocycles. The number of fused-ring (bicyclic) bond motifs is 3. The first-order valence-corrected chi connectivity index (χ1v) is 6.66. The van der Waals surface area contributed by atoms with Gasteiger partial charge in [0.1, 0.15) is 11.2 Å². The van der Waals surface area contributed by atoms with Gasteiger partial charge in [-0.05, 0) is 42.8 Å². The first kappa shape index (κ1) is 11.2. The minimum atomic E-state index is 0.931. The van der Waals surface area contributed by atoms with Crippen LogP contribution in [0.1, 0.15) is 5.56 Å². The Labute approximate surface area is 116 Å². The summed E-state index contributed by atoms with van der Waals surface area (Å²) < 4.78 is 5.90. The van der Waals surface area contributed by atoms with E-state index in [2.05, 4.69) is 30.1 Å². The van der Waals surface area contributed by atoms with Crippen LogP contribution in [0.3, 0.4) is 0 Å². The van der Waals surface area contributed by atoms with Crippen LogP contribution >= 0.6 is 0 Å². The van der Waals surface area contributed by atoms with Crippen molar-refractivity contribution in [2.75, 3.05) is 0 Å². The number of rotatable bonds is 1. The van der Waals surface area contributed by atoms with Crippen LogP contribution in [-0.4, -0.2) is 4.98 Å². The molecule has 4 aromatic rings. The fourth-order valence-electron chi connectivity index (χ4n) is 2.67. The van der Waals surface area contributed by atoms with Gasteiger partial charge in [0, 0.05) is 22.5 Å². The molecule has 0 atom stereocenters. The smallest absolute Gasteiger partial charge is 0.135 e. The maximum atomic E-state index is 5.90. The Hall–Kier alpha value is -2.61. The van der Waals surface area contributed by atoms with Gasteiger partial charge in [-0.3, -0.25) is 4.98 Å². The van der Waals surface area contributed by atoms with Crippen molar-refractivity contribution in [1.82, 2.24) is 4.98 Å². The zero-order valence-corrected chi connectivity index (χ0v) is 11.1. The zero-order valence-electron chi connectivity index (χ0n) is 11.1. The molecule has 0 saturated carbocycles. The van der Waals surface area contributed by atoms with Crippen molar-refractivity contribution >= 4 is 21.9 Å². The van der Waals surface area contributed by atoms with Gasteiger partial charge in [0.2, 0.25) is 0 Å². The Kier molecular flexibility index (Phi) is 2.36. The molecule has 96 valence electrons. The molecule has 20 heavy (non-hydrogen) atoms. The molecule has 0 aliphatic carbocycles. The van der Waals surface area contributed by atoms with Gasteiger partial charge in [-0.2, -0.15) is 0 Å². The molecule has 2 aromatic carbocycles. The van der Waals surface area contributed by atoms with E-state index in [0.29, 0.717) is 0 Å². The highest BCUT2D eigenvalue weighted by Crippen LogP contribution is 2.33. The van der Waals surface area contributed by atoms with Crippen molar-refractivity contribution in [1.29, 1.82) is 0 Å². The molecule has 0 fully saturated rings. The van der Waals surface area contributed by atoms with Crippen molar-refractivity contribution in [2.45, 2.75) is 6.92 Å². The molecule has 2 heteroatoms. The number of nitrogens with zero attached hydrogens (tertiary/aromatic N) is 1. The lowest BCUT2D eigenvalue weighted by atomic mass is 10.0. The second-order valence-corrected chi connectivity index (χ2v) is 4.98. The monoisotopic (exact) mass is 259 g/mol. The minimum Gasteiger partial charge on any atom is -0.456 e. The Morgan fingerprint density at radius 2 is 1.70 bits per heavy atom. The predicted octanol–water partition coefficient (Wildman–Crippen LogP) is 4.96. The van der Waals surface area contributed by atoms with Crippen molar-refractivity contribution in [3.63, 3.8) is 0 Å². The molecular weight excluding hydrogens is 246 g/mol. The summed E-state index contributed by atoms with van der Waals surface area (Å²) in [5, 5.41) is 2.30. The van der Waals surface area contributed by atoms with Gasteiger partial charge >= 0.3 is 0 Å². The Balaban J connectivity index is 2.08. The number of benzene rings is 2. The average molecular weight is 259 g/mol. The molecule has 0 saturated heterocycles. The van der Waals surface area contributed by atoms with E-state index in [4.69, 9.17) is 4.42 Å². The van der Waals surface area contributed by atoms with E-state index < -0.39 is 0 Å². The van der Waals surface area contributed by atoms with Crippen molar-refractivity contribution in [3.8, 4) is 11.3 Å². The zero-order chi connectivity index (χ0) is 13.5. The average Bonchev–Trinajstić information content (AvgIpc) is 2.84. The van der Waals surface area contributed by atoms with Gasteiger partial charge in [0.25, 0.3) is 0 Å². The van der Waals surface area contributed by atoms with E-state index in [1.54, 1.807) is 0 Å². The number of hydrogen-bond donors (Lipinski definition) is 0.